The molecule has 1 N–H and O–H groups in total. The summed E-state index contributed by atoms with van der Waals surface area (Å²) in [5, 5.41) is 7.45. The molecule has 1 unspecified atom stereocenters. The highest BCUT2D eigenvalue weighted by Gasteiger charge is 2.29. The number of aromatic nitrogens is 5. The fraction of sp³-hybridized carbons (Fsp3) is 0.375. The highest BCUT2D eigenvalue weighted by Crippen LogP contribution is 2.40. The minimum atomic E-state index is -2.86. The number of pyridine rings is 1. The van der Waals surface area contributed by atoms with Crippen molar-refractivity contribution in [1.82, 2.24) is 24.3 Å². The number of benzene rings is 1. The molecule has 1 atom stereocenters. The van der Waals surface area contributed by atoms with Gasteiger partial charge in [-0.05, 0) is 43.9 Å². The minimum Gasteiger partial charge on any atom is -0.492 e. The van der Waals surface area contributed by atoms with Crippen molar-refractivity contribution >= 4 is 34.1 Å². The van der Waals surface area contributed by atoms with Crippen LogP contribution >= 0.6 is 11.6 Å². The standard InChI is InChI=1S/C24H24ClF3N6O2/c1-12-11-33(2)32-19(12)13-7-8-14(21(35-3)18(13)26)29-15-10-16(25)30-23-20(15)31-24(22(27)28)34(23)17-6-4-5-9-36-17/h7-8,10-11,17,22H,4-6,9H2,1-3H3,(H,29,30). The zero-order chi connectivity index (χ0) is 25.6. The fourth-order valence-corrected chi connectivity index (χ4v) is 4.75. The van der Waals surface area contributed by atoms with Gasteiger partial charge in [0.05, 0.1) is 24.2 Å². The Morgan fingerprint density at radius 1 is 1.22 bits per heavy atom. The van der Waals surface area contributed by atoms with Gasteiger partial charge in [-0.1, -0.05) is 11.6 Å². The first-order valence-corrected chi connectivity index (χ1v) is 11.8. The number of aryl methyl sites for hydroxylation is 2. The molecular weight excluding hydrogens is 497 g/mol. The van der Waals surface area contributed by atoms with Gasteiger partial charge in [0.25, 0.3) is 6.43 Å². The van der Waals surface area contributed by atoms with Crippen molar-refractivity contribution < 1.29 is 22.6 Å². The summed E-state index contributed by atoms with van der Waals surface area (Å²) in [6, 6.07) is 4.65. The maximum absolute atomic E-state index is 15.5. The summed E-state index contributed by atoms with van der Waals surface area (Å²) in [5.41, 5.74) is 2.42. The van der Waals surface area contributed by atoms with Crippen molar-refractivity contribution in [3.8, 4) is 17.0 Å². The first-order chi connectivity index (χ1) is 17.3. The lowest BCUT2D eigenvalue weighted by molar-refractivity contribution is -0.0363. The molecule has 4 aromatic rings. The van der Waals surface area contributed by atoms with Gasteiger partial charge in [-0.15, -0.1) is 0 Å². The molecule has 8 nitrogen and oxygen atoms in total. The molecule has 0 bridgehead atoms. The zero-order valence-electron chi connectivity index (χ0n) is 19.9. The molecule has 4 heterocycles. The normalized spacial score (nSPS) is 16.2. The summed E-state index contributed by atoms with van der Waals surface area (Å²) in [5.74, 6) is -1.15. The molecule has 0 amide bonds. The third kappa shape index (κ3) is 4.26. The van der Waals surface area contributed by atoms with E-state index in [2.05, 4.69) is 20.4 Å². The van der Waals surface area contributed by atoms with Crippen LogP contribution in [0.3, 0.4) is 0 Å². The van der Waals surface area contributed by atoms with E-state index in [0.717, 1.165) is 18.4 Å². The fourth-order valence-electron chi connectivity index (χ4n) is 4.57. The molecular formula is C24H24ClF3N6O2. The van der Waals surface area contributed by atoms with E-state index in [1.807, 2.05) is 6.92 Å². The Bertz CT molecular complexity index is 1430. The highest BCUT2D eigenvalue weighted by molar-refractivity contribution is 6.30. The number of anilines is 2. The number of rotatable bonds is 6. The minimum absolute atomic E-state index is 0.0583. The van der Waals surface area contributed by atoms with Crippen LogP contribution in [0.4, 0.5) is 24.5 Å². The second-order valence-corrected chi connectivity index (χ2v) is 8.98. The summed E-state index contributed by atoms with van der Waals surface area (Å²) in [6.07, 6.45) is 0.541. The number of fused-ring (bicyclic) bond motifs is 1. The summed E-state index contributed by atoms with van der Waals surface area (Å²) in [7, 11) is 3.10. The Morgan fingerprint density at radius 3 is 2.67 bits per heavy atom. The van der Waals surface area contributed by atoms with Gasteiger partial charge >= 0.3 is 0 Å². The number of halogens is 4. The van der Waals surface area contributed by atoms with Crippen LogP contribution in [0.15, 0.2) is 24.4 Å². The quantitative estimate of drug-likeness (QED) is 0.300. The molecule has 0 aliphatic carbocycles. The monoisotopic (exact) mass is 520 g/mol. The number of nitrogens with one attached hydrogen (secondary N) is 1. The summed E-state index contributed by atoms with van der Waals surface area (Å²) in [4.78, 5) is 8.46. The maximum atomic E-state index is 15.5. The van der Waals surface area contributed by atoms with Crippen molar-refractivity contribution in [2.75, 3.05) is 19.0 Å². The SMILES string of the molecule is COc1c(Nc2cc(Cl)nc3c2nc(C(F)F)n3C2CCCCO2)ccc(-c2nn(C)cc2C)c1F. The third-order valence-electron chi connectivity index (χ3n) is 6.12. The van der Waals surface area contributed by atoms with Crippen LogP contribution in [0.5, 0.6) is 5.75 Å². The van der Waals surface area contributed by atoms with E-state index in [1.165, 1.54) is 17.7 Å². The summed E-state index contributed by atoms with van der Waals surface area (Å²) in [6.45, 7) is 2.29. The Morgan fingerprint density at radius 2 is 2.03 bits per heavy atom. The number of imidazole rings is 1. The van der Waals surface area contributed by atoms with Gasteiger partial charge < -0.3 is 14.8 Å². The van der Waals surface area contributed by atoms with Gasteiger partial charge in [0.1, 0.15) is 16.9 Å². The van der Waals surface area contributed by atoms with E-state index >= 15 is 4.39 Å². The van der Waals surface area contributed by atoms with Gasteiger partial charge in [-0.3, -0.25) is 9.25 Å². The second-order valence-electron chi connectivity index (χ2n) is 8.59. The van der Waals surface area contributed by atoms with E-state index in [-0.39, 0.29) is 39.0 Å². The van der Waals surface area contributed by atoms with E-state index in [9.17, 15) is 8.78 Å². The molecule has 1 aromatic carbocycles. The van der Waals surface area contributed by atoms with Gasteiger partial charge in [0, 0.05) is 31.5 Å². The molecule has 1 aliphatic rings. The van der Waals surface area contributed by atoms with Crippen LogP contribution in [0, 0.1) is 12.7 Å². The van der Waals surface area contributed by atoms with Crippen LogP contribution in [0.25, 0.3) is 22.4 Å². The number of alkyl halides is 2. The molecule has 1 aliphatic heterocycles. The van der Waals surface area contributed by atoms with Crippen molar-refractivity contribution in [3.63, 3.8) is 0 Å². The largest absolute Gasteiger partial charge is 0.492 e. The molecule has 0 radical (unpaired) electrons. The Labute approximate surface area is 210 Å². The van der Waals surface area contributed by atoms with Crippen LogP contribution < -0.4 is 10.1 Å². The molecule has 190 valence electrons. The molecule has 1 fully saturated rings. The lowest BCUT2D eigenvalue weighted by Gasteiger charge is -2.25. The summed E-state index contributed by atoms with van der Waals surface area (Å²) >= 11 is 6.28. The molecule has 5 rings (SSSR count). The molecule has 3 aromatic heterocycles. The van der Waals surface area contributed by atoms with Gasteiger partial charge in [0.15, 0.2) is 23.0 Å². The Kier molecular flexibility index (Phi) is 6.52. The number of methoxy groups -OCH3 is 1. The highest BCUT2D eigenvalue weighted by atomic mass is 35.5. The Hall–Kier alpha value is -3.31. The Balaban J connectivity index is 1.61. The van der Waals surface area contributed by atoms with Gasteiger partial charge in [-0.2, -0.15) is 5.10 Å². The van der Waals surface area contributed by atoms with Crippen molar-refractivity contribution in [1.29, 1.82) is 0 Å². The molecule has 0 spiro atoms. The van der Waals surface area contributed by atoms with Crippen LogP contribution in [0.2, 0.25) is 5.15 Å². The summed E-state index contributed by atoms with van der Waals surface area (Å²) < 4.78 is 57.6. The van der Waals surface area contributed by atoms with E-state index in [0.29, 0.717) is 18.7 Å². The average molecular weight is 521 g/mol. The van der Waals surface area contributed by atoms with E-state index in [4.69, 9.17) is 21.1 Å². The molecule has 12 heteroatoms. The molecule has 1 saturated heterocycles. The zero-order valence-corrected chi connectivity index (χ0v) is 20.6. The smallest absolute Gasteiger partial charge is 0.295 e. The predicted octanol–water partition coefficient (Wildman–Crippen LogP) is 6.32. The van der Waals surface area contributed by atoms with Crippen LogP contribution in [-0.2, 0) is 11.8 Å². The average Bonchev–Trinajstić information content (AvgIpc) is 3.39. The van der Waals surface area contributed by atoms with E-state index < -0.39 is 24.3 Å². The van der Waals surface area contributed by atoms with Gasteiger partial charge in [0.2, 0.25) is 0 Å². The molecule has 0 saturated carbocycles. The third-order valence-corrected chi connectivity index (χ3v) is 6.31. The first-order valence-electron chi connectivity index (χ1n) is 11.4. The second kappa shape index (κ2) is 9.62. The topological polar surface area (TPSA) is 79.0 Å². The van der Waals surface area contributed by atoms with Crippen molar-refractivity contribution in [3.05, 3.63) is 46.8 Å². The van der Waals surface area contributed by atoms with Crippen molar-refractivity contribution in [2.45, 2.75) is 38.8 Å². The number of ether oxygens (including phenoxy) is 2. The number of nitrogens with zero attached hydrogens (tertiary/aromatic N) is 5. The van der Waals surface area contributed by atoms with Crippen molar-refractivity contribution in [2.24, 2.45) is 7.05 Å². The predicted molar refractivity (Wildman–Crippen MR) is 130 cm³/mol. The van der Waals surface area contributed by atoms with E-state index in [1.54, 1.807) is 30.1 Å². The first kappa shape index (κ1) is 24.4. The number of hydrogen-bond acceptors (Lipinski definition) is 6. The van der Waals surface area contributed by atoms with Crippen LogP contribution in [0.1, 0.15) is 43.3 Å². The number of hydrogen-bond donors (Lipinski definition) is 1. The molecule has 36 heavy (non-hydrogen) atoms. The van der Waals surface area contributed by atoms with Crippen LogP contribution in [-0.4, -0.2) is 38.0 Å². The lowest BCUT2D eigenvalue weighted by Crippen LogP contribution is -2.20. The maximum Gasteiger partial charge on any atom is 0.295 e. The lowest BCUT2D eigenvalue weighted by atomic mass is 10.1. The van der Waals surface area contributed by atoms with Gasteiger partial charge in [-0.25, -0.2) is 23.1 Å².